The van der Waals surface area contributed by atoms with Gasteiger partial charge in [0.1, 0.15) is 6.04 Å². The molecule has 1 fully saturated rings. The highest BCUT2D eigenvalue weighted by molar-refractivity contribution is 7.13. The van der Waals surface area contributed by atoms with E-state index in [4.69, 9.17) is 0 Å². The lowest BCUT2D eigenvalue weighted by Gasteiger charge is -2.24. The minimum Gasteiger partial charge on any atom is -0.350 e. The molecule has 1 N–H and O–H groups in total. The van der Waals surface area contributed by atoms with Crippen LogP contribution in [0.1, 0.15) is 44.4 Å². The van der Waals surface area contributed by atoms with Gasteiger partial charge < -0.3 is 10.2 Å². The van der Waals surface area contributed by atoms with Gasteiger partial charge in [-0.3, -0.25) is 14.6 Å². The number of likely N-dealkylation sites (tertiary alicyclic amines) is 1. The number of pyridine rings is 1. The van der Waals surface area contributed by atoms with Crippen molar-refractivity contribution in [2.24, 2.45) is 5.92 Å². The molecular formula is C26H32N4O2S. The Hall–Kier alpha value is -3.06. The Balaban J connectivity index is 0.000000442. The van der Waals surface area contributed by atoms with Crippen LogP contribution in [0.15, 0.2) is 60.4 Å². The number of aryl methyl sites for hydroxylation is 1. The summed E-state index contributed by atoms with van der Waals surface area (Å²) in [7, 11) is 0. The van der Waals surface area contributed by atoms with Crippen LogP contribution in [0.5, 0.6) is 0 Å². The lowest BCUT2D eigenvalue weighted by Crippen LogP contribution is -2.46. The van der Waals surface area contributed by atoms with Crippen molar-refractivity contribution in [3.63, 3.8) is 0 Å². The average Bonchev–Trinajstić information content (AvgIpc) is 3.48. The van der Waals surface area contributed by atoms with Gasteiger partial charge in [0.2, 0.25) is 11.8 Å². The molecule has 0 aliphatic carbocycles. The zero-order valence-corrected chi connectivity index (χ0v) is 20.3. The monoisotopic (exact) mass is 464 g/mol. The van der Waals surface area contributed by atoms with Gasteiger partial charge >= 0.3 is 0 Å². The topological polar surface area (TPSA) is 75.2 Å². The molecule has 2 aromatic heterocycles. The van der Waals surface area contributed by atoms with Crippen LogP contribution < -0.4 is 5.32 Å². The maximum atomic E-state index is 12.6. The molecule has 0 spiro atoms. The summed E-state index contributed by atoms with van der Waals surface area (Å²) < 4.78 is 0. The molecule has 1 aliphatic rings. The second-order valence-corrected chi connectivity index (χ2v) is 9.40. The number of nitrogens with one attached hydrogen (secondary N) is 1. The van der Waals surface area contributed by atoms with E-state index in [0.717, 1.165) is 29.7 Å². The molecule has 0 saturated carbocycles. The fourth-order valence-electron chi connectivity index (χ4n) is 3.78. The molecule has 1 unspecified atom stereocenters. The Bertz CT molecular complexity index is 992. The largest absolute Gasteiger partial charge is 0.350 e. The van der Waals surface area contributed by atoms with Crippen LogP contribution in [0.25, 0.3) is 10.4 Å². The molecular weight excluding hydrogens is 432 g/mol. The van der Waals surface area contributed by atoms with Crippen molar-refractivity contribution < 1.29 is 9.59 Å². The molecule has 1 saturated heterocycles. The van der Waals surface area contributed by atoms with E-state index < -0.39 is 0 Å². The lowest BCUT2D eigenvalue weighted by molar-refractivity contribution is -0.139. The van der Waals surface area contributed by atoms with Crippen LogP contribution in [0.4, 0.5) is 0 Å². The number of hydrogen-bond donors (Lipinski definition) is 1. The summed E-state index contributed by atoms with van der Waals surface area (Å²) in [4.78, 5) is 36.0. The lowest BCUT2D eigenvalue weighted by atomic mass is 10.1. The van der Waals surface area contributed by atoms with Crippen molar-refractivity contribution in [3.05, 3.63) is 71.6 Å². The normalized spacial score (nSPS) is 15.2. The van der Waals surface area contributed by atoms with Crippen molar-refractivity contribution in [2.75, 3.05) is 6.54 Å². The first-order valence-corrected chi connectivity index (χ1v) is 12.2. The smallest absolute Gasteiger partial charge is 0.243 e. The molecule has 1 aliphatic heterocycles. The molecule has 0 bridgehead atoms. The van der Waals surface area contributed by atoms with Crippen LogP contribution in [-0.4, -0.2) is 39.3 Å². The standard InChI is InChI=1S/C21H27N3O2S.C5H5N/c1-14(2)11-19(25)24-10-4-5-18(24)21(26)22-12-16-6-8-17(9-7-16)20-15(3)23-13-27-20;1-2-4-6-5-3-1/h6-9,13-14,18H,4-5,10-12H2,1-3H3,(H,22,26);1-5H. The molecule has 174 valence electrons. The maximum absolute atomic E-state index is 12.6. The van der Waals surface area contributed by atoms with Gasteiger partial charge in [-0.2, -0.15) is 0 Å². The van der Waals surface area contributed by atoms with Crippen LogP contribution >= 0.6 is 11.3 Å². The summed E-state index contributed by atoms with van der Waals surface area (Å²) in [6, 6.07) is 13.6. The minimum absolute atomic E-state index is 0.0491. The maximum Gasteiger partial charge on any atom is 0.243 e. The van der Waals surface area contributed by atoms with E-state index in [0.29, 0.717) is 25.4 Å². The molecule has 3 heterocycles. The predicted octanol–water partition coefficient (Wildman–Crippen LogP) is 4.85. The fraction of sp³-hybridized carbons (Fsp3) is 0.385. The van der Waals surface area contributed by atoms with Gasteiger partial charge in [0.15, 0.2) is 0 Å². The van der Waals surface area contributed by atoms with Crippen LogP contribution in [0.3, 0.4) is 0 Å². The summed E-state index contributed by atoms with van der Waals surface area (Å²) in [6.45, 7) is 7.23. The summed E-state index contributed by atoms with van der Waals surface area (Å²) in [5.74, 6) is 0.349. The van der Waals surface area contributed by atoms with Gasteiger partial charge in [0.05, 0.1) is 16.1 Å². The Morgan fingerprint density at radius 2 is 1.88 bits per heavy atom. The Labute approximate surface area is 200 Å². The van der Waals surface area contributed by atoms with E-state index in [1.807, 2.05) is 56.6 Å². The zero-order chi connectivity index (χ0) is 23.6. The third kappa shape index (κ3) is 7.22. The van der Waals surface area contributed by atoms with Gasteiger partial charge in [-0.15, -0.1) is 11.3 Å². The molecule has 6 nitrogen and oxygen atoms in total. The van der Waals surface area contributed by atoms with Gasteiger partial charge in [-0.1, -0.05) is 44.2 Å². The Morgan fingerprint density at radius 1 is 1.15 bits per heavy atom. The quantitative estimate of drug-likeness (QED) is 0.566. The van der Waals surface area contributed by atoms with Gasteiger partial charge in [0, 0.05) is 31.9 Å². The average molecular weight is 465 g/mol. The van der Waals surface area contributed by atoms with Crippen LogP contribution in [-0.2, 0) is 16.1 Å². The Kier molecular flexibility index (Phi) is 9.13. The summed E-state index contributed by atoms with van der Waals surface area (Å²) >= 11 is 1.63. The highest BCUT2D eigenvalue weighted by atomic mass is 32.1. The molecule has 1 atom stereocenters. The molecule has 4 rings (SSSR count). The van der Waals surface area contributed by atoms with E-state index in [9.17, 15) is 9.59 Å². The zero-order valence-electron chi connectivity index (χ0n) is 19.5. The van der Waals surface area contributed by atoms with Crippen molar-refractivity contribution in [1.29, 1.82) is 0 Å². The number of hydrogen-bond acceptors (Lipinski definition) is 5. The summed E-state index contributed by atoms with van der Waals surface area (Å²) in [5, 5.41) is 3.00. The van der Waals surface area contributed by atoms with Gasteiger partial charge in [-0.05, 0) is 48.9 Å². The van der Waals surface area contributed by atoms with Crippen molar-refractivity contribution in [3.8, 4) is 10.4 Å². The van der Waals surface area contributed by atoms with E-state index in [-0.39, 0.29) is 17.9 Å². The van der Waals surface area contributed by atoms with Crippen molar-refractivity contribution in [1.82, 2.24) is 20.2 Å². The molecule has 0 radical (unpaired) electrons. The number of aromatic nitrogens is 2. The number of benzene rings is 1. The van der Waals surface area contributed by atoms with E-state index in [2.05, 4.69) is 27.4 Å². The highest BCUT2D eigenvalue weighted by Crippen LogP contribution is 2.27. The second kappa shape index (κ2) is 12.3. The van der Waals surface area contributed by atoms with Crippen LogP contribution in [0, 0.1) is 12.8 Å². The van der Waals surface area contributed by atoms with E-state index in [1.54, 1.807) is 28.6 Å². The molecule has 2 amide bonds. The SMILES string of the molecule is Cc1ncsc1-c1ccc(CNC(=O)C2CCCN2C(=O)CC(C)C)cc1.c1ccncc1. The number of rotatable bonds is 6. The highest BCUT2D eigenvalue weighted by Gasteiger charge is 2.33. The van der Waals surface area contributed by atoms with Gasteiger partial charge in [-0.25, -0.2) is 4.98 Å². The first-order chi connectivity index (χ1) is 16.0. The number of carbonyl (C=O) groups excluding carboxylic acids is 2. The number of carbonyl (C=O) groups is 2. The molecule has 33 heavy (non-hydrogen) atoms. The summed E-state index contributed by atoms with van der Waals surface area (Å²) in [5.41, 5.74) is 5.08. The van der Waals surface area contributed by atoms with Crippen molar-refractivity contribution in [2.45, 2.75) is 52.6 Å². The third-order valence-corrected chi connectivity index (χ3v) is 6.43. The van der Waals surface area contributed by atoms with Crippen LogP contribution in [0.2, 0.25) is 0 Å². The van der Waals surface area contributed by atoms with E-state index >= 15 is 0 Å². The molecule has 3 aromatic rings. The van der Waals surface area contributed by atoms with E-state index in [1.165, 1.54) is 4.88 Å². The fourth-order valence-corrected chi connectivity index (χ4v) is 4.59. The van der Waals surface area contributed by atoms with Gasteiger partial charge in [0.25, 0.3) is 0 Å². The predicted molar refractivity (Wildman–Crippen MR) is 133 cm³/mol. The first-order valence-electron chi connectivity index (χ1n) is 11.4. The number of nitrogens with zero attached hydrogens (tertiary/aromatic N) is 3. The van der Waals surface area contributed by atoms with Crippen molar-refractivity contribution >= 4 is 23.2 Å². The number of thiazole rings is 1. The Morgan fingerprint density at radius 3 is 2.42 bits per heavy atom. The first kappa shape index (κ1) is 24.6. The third-order valence-electron chi connectivity index (χ3n) is 5.45. The number of amides is 2. The second-order valence-electron chi connectivity index (χ2n) is 8.55. The molecule has 7 heteroatoms. The summed E-state index contributed by atoms with van der Waals surface area (Å²) in [6.07, 6.45) is 5.65. The minimum atomic E-state index is -0.324. The molecule has 1 aromatic carbocycles.